The lowest BCUT2D eigenvalue weighted by atomic mass is 10.2. The Labute approximate surface area is 169 Å². The van der Waals surface area contributed by atoms with Gasteiger partial charge in [0.25, 0.3) is 0 Å². The van der Waals surface area contributed by atoms with Crippen molar-refractivity contribution in [1.82, 2.24) is 19.7 Å². The Morgan fingerprint density at radius 2 is 2.11 bits per heavy atom. The normalized spacial score (nSPS) is 19.3. The molecule has 150 valence electrons. The smallest absolute Gasteiger partial charge is 0.235 e. The molecule has 0 bridgehead atoms. The lowest BCUT2D eigenvalue weighted by Gasteiger charge is -2.26. The molecule has 1 aliphatic heterocycles. The predicted molar refractivity (Wildman–Crippen MR) is 111 cm³/mol. The predicted octanol–water partition coefficient (Wildman–Crippen LogP) is 2.26. The Bertz CT molecular complexity index is 957. The molecule has 3 rings (SSSR count). The van der Waals surface area contributed by atoms with E-state index in [4.69, 9.17) is 0 Å². The van der Waals surface area contributed by atoms with Gasteiger partial charge in [0.15, 0.2) is 20.8 Å². The number of amides is 1. The molecular formula is C19H24N4O3S2. The summed E-state index contributed by atoms with van der Waals surface area (Å²) in [5.41, 5.74) is 0.941. The lowest BCUT2D eigenvalue weighted by molar-refractivity contribution is -0.130. The number of carbonyl (C=O) groups is 1. The number of hydrogen-bond donors (Lipinski definition) is 0. The minimum absolute atomic E-state index is 0.0391. The zero-order valence-corrected chi connectivity index (χ0v) is 17.6. The van der Waals surface area contributed by atoms with Crippen LogP contribution in [0.4, 0.5) is 0 Å². The van der Waals surface area contributed by atoms with Crippen LogP contribution in [0.2, 0.25) is 0 Å². The molecule has 1 aliphatic rings. The molecule has 2 atom stereocenters. The van der Waals surface area contributed by atoms with E-state index < -0.39 is 15.1 Å². The van der Waals surface area contributed by atoms with Crippen LogP contribution in [-0.2, 0) is 21.2 Å². The number of rotatable bonds is 7. The van der Waals surface area contributed by atoms with Crippen molar-refractivity contribution in [3.8, 4) is 11.4 Å². The highest BCUT2D eigenvalue weighted by Crippen LogP contribution is 2.28. The fourth-order valence-corrected chi connectivity index (χ4v) is 5.96. The standard InChI is InChI=1S/C19H24N4O3S2/c1-4-11-23-17(15-8-6-5-7-9-15)20-21-19(23)27-14(2)18(24)22(3)16-10-12-28(25,26)13-16/h4-9,14,16H,1,10-13H2,2-3H3/t14-,16-/m0/s1. The molecule has 7 nitrogen and oxygen atoms in total. The Kier molecular flexibility index (Phi) is 6.24. The van der Waals surface area contributed by atoms with Crippen LogP contribution in [0, 0.1) is 0 Å². The summed E-state index contributed by atoms with van der Waals surface area (Å²) in [6.45, 7) is 6.13. The number of thioether (sulfide) groups is 1. The second kappa shape index (κ2) is 8.48. The molecule has 0 saturated carbocycles. The third kappa shape index (κ3) is 4.47. The van der Waals surface area contributed by atoms with E-state index >= 15 is 0 Å². The van der Waals surface area contributed by atoms with Crippen molar-refractivity contribution in [2.24, 2.45) is 0 Å². The van der Waals surface area contributed by atoms with Gasteiger partial charge >= 0.3 is 0 Å². The first-order chi connectivity index (χ1) is 13.3. The number of benzene rings is 1. The maximum Gasteiger partial charge on any atom is 0.235 e. The van der Waals surface area contributed by atoms with Crippen molar-refractivity contribution in [1.29, 1.82) is 0 Å². The van der Waals surface area contributed by atoms with E-state index in [1.54, 1.807) is 18.0 Å². The molecule has 1 saturated heterocycles. The third-order valence-electron chi connectivity index (χ3n) is 4.79. The average Bonchev–Trinajstić information content (AvgIpc) is 3.24. The van der Waals surface area contributed by atoms with Gasteiger partial charge in [0.1, 0.15) is 0 Å². The van der Waals surface area contributed by atoms with Gasteiger partial charge in [-0.1, -0.05) is 48.2 Å². The fourth-order valence-electron chi connectivity index (χ4n) is 3.23. The van der Waals surface area contributed by atoms with Gasteiger partial charge in [-0.05, 0) is 13.3 Å². The van der Waals surface area contributed by atoms with Crippen LogP contribution in [0.5, 0.6) is 0 Å². The third-order valence-corrected chi connectivity index (χ3v) is 7.61. The van der Waals surface area contributed by atoms with Crippen molar-refractivity contribution < 1.29 is 13.2 Å². The Morgan fingerprint density at radius 3 is 2.71 bits per heavy atom. The second-order valence-corrected chi connectivity index (χ2v) is 10.4. The summed E-state index contributed by atoms with van der Waals surface area (Å²) in [5, 5.41) is 8.79. The molecule has 1 aromatic carbocycles. The molecule has 2 heterocycles. The molecule has 0 N–H and O–H groups in total. The van der Waals surface area contributed by atoms with Gasteiger partial charge in [-0.25, -0.2) is 8.42 Å². The van der Waals surface area contributed by atoms with Crippen molar-refractivity contribution in [2.75, 3.05) is 18.6 Å². The lowest BCUT2D eigenvalue weighted by Crippen LogP contribution is -2.41. The van der Waals surface area contributed by atoms with Crippen LogP contribution < -0.4 is 0 Å². The number of sulfone groups is 1. The molecule has 1 amide bonds. The van der Waals surface area contributed by atoms with Crippen molar-refractivity contribution in [2.45, 2.75) is 36.3 Å². The summed E-state index contributed by atoms with van der Waals surface area (Å²) in [6.07, 6.45) is 2.26. The monoisotopic (exact) mass is 420 g/mol. The zero-order chi connectivity index (χ0) is 20.3. The molecule has 28 heavy (non-hydrogen) atoms. The SMILES string of the molecule is C=CCn1c(S[C@@H](C)C(=O)N(C)[C@H]2CCS(=O)(=O)C2)nnc1-c1ccccc1. The summed E-state index contributed by atoms with van der Waals surface area (Å²) >= 11 is 1.32. The number of nitrogens with zero attached hydrogens (tertiary/aromatic N) is 4. The quantitative estimate of drug-likeness (QED) is 0.505. The van der Waals surface area contributed by atoms with Crippen LogP contribution in [0.15, 0.2) is 48.1 Å². The summed E-state index contributed by atoms with van der Waals surface area (Å²) < 4.78 is 25.3. The number of carbonyl (C=O) groups excluding carboxylic acids is 1. The van der Waals surface area contributed by atoms with Gasteiger partial charge in [0.2, 0.25) is 5.91 Å². The molecule has 0 unspecified atom stereocenters. The summed E-state index contributed by atoms with van der Waals surface area (Å²) in [7, 11) is -1.36. The molecule has 1 aromatic heterocycles. The Balaban J connectivity index is 1.76. The minimum Gasteiger partial charge on any atom is -0.341 e. The second-order valence-electron chi connectivity index (χ2n) is 6.84. The van der Waals surface area contributed by atoms with Crippen molar-refractivity contribution in [3.63, 3.8) is 0 Å². The first-order valence-electron chi connectivity index (χ1n) is 9.05. The van der Waals surface area contributed by atoms with Crippen LogP contribution in [0.25, 0.3) is 11.4 Å². The molecule has 9 heteroatoms. The van der Waals surface area contributed by atoms with E-state index in [2.05, 4.69) is 16.8 Å². The van der Waals surface area contributed by atoms with Gasteiger partial charge in [-0.3, -0.25) is 9.36 Å². The molecular weight excluding hydrogens is 396 g/mol. The highest BCUT2D eigenvalue weighted by atomic mass is 32.2. The van der Waals surface area contributed by atoms with Crippen LogP contribution in [-0.4, -0.2) is 63.8 Å². The van der Waals surface area contributed by atoms with Crippen LogP contribution >= 0.6 is 11.8 Å². The zero-order valence-electron chi connectivity index (χ0n) is 16.0. The van der Waals surface area contributed by atoms with E-state index in [1.165, 1.54) is 11.8 Å². The van der Waals surface area contributed by atoms with E-state index in [1.807, 2.05) is 41.8 Å². The average molecular weight is 421 g/mol. The maximum absolute atomic E-state index is 12.8. The Morgan fingerprint density at radius 1 is 1.39 bits per heavy atom. The van der Waals surface area contributed by atoms with Crippen LogP contribution in [0.3, 0.4) is 0 Å². The van der Waals surface area contributed by atoms with Gasteiger partial charge in [-0.2, -0.15) is 0 Å². The summed E-state index contributed by atoms with van der Waals surface area (Å²) in [6, 6.07) is 9.47. The van der Waals surface area contributed by atoms with Crippen molar-refractivity contribution >= 4 is 27.5 Å². The first kappa shape index (κ1) is 20.6. The molecule has 1 fully saturated rings. The summed E-state index contributed by atoms with van der Waals surface area (Å²) in [4.78, 5) is 14.4. The van der Waals surface area contributed by atoms with E-state index in [0.717, 1.165) is 11.4 Å². The van der Waals surface area contributed by atoms with Crippen molar-refractivity contribution in [3.05, 3.63) is 43.0 Å². The van der Waals surface area contributed by atoms with Gasteiger partial charge < -0.3 is 4.90 Å². The van der Waals surface area contributed by atoms with Gasteiger partial charge in [-0.15, -0.1) is 16.8 Å². The maximum atomic E-state index is 12.8. The number of aromatic nitrogens is 3. The Hall–Kier alpha value is -2.13. The highest BCUT2D eigenvalue weighted by molar-refractivity contribution is 8.00. The molecule has 0 radical (unpaired) electrons. The highest BCUT2D eigenvalue weighted by Gasteiger charge is 2.34. The number of hydrogen-bond acceptors (Lipinski definition) is 6. The molecule has 0 spiro atoms. The first-order valence-corrected chi connectivity index (χ1v) is 11.8. The number of allylic oxidation sites excluding steroid dienone is 1. The van der Waals surface area contributed by atoms with Gasteiger partial charge in [0, 0.05) is 25.2 Å². The van der Waals surface area contributed by atoms with E-state index in [0.29, 0.717) is 18.1 Å². The van der Waals surface area contributed by atoms with Crippen LogP contribution in [0.1, 0.15) is 13.3 Å². The fraction of sp³-hybridized carbons (Fsp3) is 0.421. The van der Waals surface area contributed by atoms with E-state index in [-0.39, 0.29) is 23.5 Å². The summed E-state index contributed by atoms with van der Waals surface area (Å²) in [5.74, 6) is 0.793. The molecule has 0 aliphatic carbocycles. The largest absolute Gasteiger partial charge is 0.341 e. The minimum atomic E-state index is -3.04. The topological polar surface area (TPSA) is 85.2 Å². The van der Waals surface area contributed by atoms with Gasteiger partial charge in [0.05, 0.1) is 16.8 Å². The van der Waals surface area contributed by atoms with E-state index in [9.17, 15) is 13.2 Å². The molecule has 2 aromatic rings.